The Kier molecular flexibility index (Phi) is 4.29. The van der Waals surface area contributed by atoms with E-state index in [0.29, 0.717) is 33.3 Å². The molecule has 2 aliphatic rings. The molecule has 11 heteroatoms. The number of aromatic nitrogens is 5. The van der Waals surface area contributed by atoms with Crippen LogP contribution in [0.1, 0.15) is 23.2 Å². The second-order valence-corrected chi connectivity index (χ2v) is 8.58. The second-order valence-electron chi connectivity index (χ2n) is 8.17. The Labute approximate surface area is 187 Å². The van der Waals surface area contributed by atoms with Gasteiger partial charge in [0.1, 0.15) is 12.7 Å². The molecule has 3 unspecified atom stereocenters. The average Bonchev–Trinajstić information content (AvgIpc) is 3.60. The molecule has 4 aromatic rings. The van der Waals surface area contributed by atoms with Crippen molar-refractivity contribution in [2.75, 3.05) is 17.2 Å². The van der Waals surface area contributed by atoms with Gasteiger partial charge >= 0.3 is 0 Å². The molecule has 1 aliphatic heterocycles. The van der Waals surface area contributed by atoms with Crippen LogP contribution in [-0.4, -0.2) is 49.4 Å². The molecular weight excluding hydrogens is 432 g/mol. The van der Waals surface area contributed by atoms with Crippen molar-refractivity contribution in [3.8, 4) is 5.69 Å². The van der Waals surface area contributed by atoms with Gasteiger partial charge in [-0.25, -0.2) is 4.98 Å². The first-order chi connectivity index (χ1) is 15.6. The Morgan fingerprint density at radius 1 is 1.19 bits per heavy atom. The molecule has 1 aromatic carbocycles. The number of hydrogen-bond acceptors (Lipinski definition) is 8. The molecule has 162 valence electrons. The zero-order valence-corrected chi connectivity index (χ0v) is 17.6. The lowest BCUT2D eigenvalue weighted by Gasteiger charge is -2.28. The number of nitrogen functional groups attached to an aromatic ring is 1. The maximum absolute atomic E-state index is 13.0. The molecular formula is C21H19ClN8O2. The fourth-order valence-corrected chi connectivity index (χ4v) is 5.17. The number of anilines is 2. The molecule has 1 amide bonds. The average molecular weight is 451 g/mol. The number of carbonyl (C=O) groups is 1. The lowest BCUT2D eigenvalue weighted by atomic mass is 10.1. The van der Waals surface area contributed by atoms with E-state index in [-0.39, 0.29) is 23.8 Å². The van der Waals surface area contributed by atoms with Crippen LogP contribution in [-0.2, 0) is 0 Å². The Balaban J connectivity index is 1.23. The SMILES string of the molecule is Nc1noc2c(N3CC4CCC3C4NC(=O)c3ccc(-n4cnnc4)cc3)ncc(Cl)c12. The fraction of sp³-hybridized carbons (Fsp3) is 0.286. The summed E-state index contributed by atoms with van der Waals surface area (Å²) >= 11 is 6.24. The van der Waals surface area contributed by atoms with Gasteiger partial charge in [0.25, 0.3) is 5.91 Å². The highest BCUT2D eigenvalue weighted by atomic mass is 35.5. The number of hydrogen-bond donors (Lipinski definition) is 2. The van der Waals surface area contributed by atoms with Crippen molar-refractivity contribution >= 4 is 40.1 Å². The number of nitrogens with zero attached hydrogens (tertiary/aromatic N) is 6. The third-order valence-corrected chi connectivity index (χ3v) is 6.75. The fourth-order valence-electron chi connectivity index (χ4n) is 4.94. The van der Waals surface area contributed by atoms with Crippen molar-refractivity contribution in [3.05, 3.63) is 53.7 Å². The summed E-state index contributed by atoms with van der Waals surface area (Å²) in [5, 5.41) is 15.7. The van der Waals surface area contributed by atoms with Gasteiger partial charge in [-0.3, -0.25) is 9.36 Å². The van der Waals surface area contributed by atoms with Crippen LogP contribution in [0.2, 0.25) is 5.02 Å². The first kappa shape index (κ1) is 19.1. The van der Waals surface area contributed by atoms with Gasteiger partial charge in [-0.2, -0.15) is 0 Å². The molecule has 10 nitrogen and oxygen atoms in total. The summed E-state index contributed by atoms with van der Waals surface area (Å²) < 4.78 is 7.23. The molecule has 32 heavy (non-hydrogen) atoms. The van der Waals surface area contributed by atoms with E-state index in [1.54, 1.807) is 35.6 Å². The monoisotopic (exact) mass is 450 g/mol. The molecule has 1 aliphatic carbocycles. The van der Waals surface area contributed by atoms with Gasteiger partial charge in [0.05, 0.1) is 22.5 Å². The number of nitrogens with two attached hydrogens (primary N) is 1. The summed E-state index contributed by atoms with van der Waals surface area (Å²) in [4.78, 5) is 19.7. The van der Waals surface area contributed by atoms with Crippen molar-refractivity contribution in [3.63, 3.8) is 0 Å². The van der Waals surface area contributed by atoms with E-state index in [0.717, 1.165) is 25.1 Å². The number of carbonyl (C=O) groups excluding carboxylic acids is 1. The second kappa shape index (κ2) is 7.20. The number of rotatable bonds is 4. The van der Waals surface area contributed by atoms with E-state index < -0.39 is 0 Å². The first-order valence-corrected chi connectivity index (χ1v) is 10.7. The number of amides is 1. The van der Waals surface area contributed by atoms with Gasteiger partial charge < -0.3 is 20.5 Å². The van der Waals surface area contributed by atoms with Crippen molar-refractivity contribution in [2.24, 2.45) is 5.92 Å². The highest BCUT2D eigenvalue weighted by Gasteiger charge is 2.48. The van der Waals surface area contributed by atoms with E-state index in [1.807, 2.05) is 12.1 Å². The molecule has 0 spiro atoms. The number of fused-ring (bicyclic) bond motifs is 3. The van der Waals surface area contributed by atoms with E-state index in [9.17, 15) is 4.79 Å². The number of halogens is 1. The summed E-state index contributed by atoms with van der Waals surface area (Å²) in [5.74, 6) is 1.14. The number of nitrogens with one attached hydrogen (secondary N) is 1. The maximum Gasteiger partial charge on any atom is 0.251 e. The van der Waals surface area contributed by atoms with Crippen LogP contribution in [0.3, 0.4) is 0 Å². The van der Waals surface area contributed by atoms with E-state index in [4.69, 9.17) is 21.9 Å². The Morgan fingerprint density at radius 2 is 1.97 bits per heavy atom. The minimum absolute atomic E-state index is 0.0211. The van der Waals surface area contributed by atoms with E-state index >= 15 is 0 Å². The Bertz CT molecular complexity index is 1300. The predicted molar refractivity (Wildman–Crippen MR) is 118 cm³/mol. The Hall–Kier alpha value is -3.66. The van der Waals surface area contributed by atoms with Crippen molar-refractivity contribution in [1.82, 2.24) is 30.2 Å². The van der Waals surface area contributed by atoms with Crippen molar-refractivity contribution in [2.45, 2.75) is 24.9 Å². The van der Waals surface area contributed by atoms with Gasteiger partial charge in [0.15, 0.2) is 11.6 Å². The number of pyridine rings is 1. The lowest BCUT2D eigenvalue weighted by Crippen LogP contribution is -2.44. The lowest BCUT2D eigenvalue weighted by molar-refractivity contribution is 0.0932. The Morgan fingerprint density at radius 3 is 2.75 bits per heavy atom. The number of benzene rings is 1. The summed E-state index contributed by atoms with van der Waals surface area (Å²) in [6.45, 7) is 0.770. The third-order valence-electron chi connectivity index (χ3n) is 6.46. The quantitative estimate of drug-likeness (QED) is 0.485. The topological polar surface area (TPSA) is 128 Å². The molecule has 1 saturated carbocycles. The molecule has 3 aromatic heterocycles. The summed E-state index contributed by atoms with van der Waals surface area (Å²) in [6, 6.07) is 7.49. The summed E-state index contributed by atoms with van der Waals surface area (Å²) in [6.07, 6.45) is 6.81. The smallest absolute Gasteiger partial charge is 0.251 e. The summed E-state index contributed by atoms with van der Waals surface area (Å²) in [7, 11) is 0. The molecule has 4 heterocycles. The van der Waals surface area contributed by atoms with Crippen molar-refractivity contribution < 1.29 is 9.32 Å². The minimum atomic E-state index is -0.0952. The first-order valence-electron chi connectivity index (χ1n) is 10.3. The van der Waals surface area contributed by atoms with E-state index in [1.165, 1.54) is 0 Å². The highest BCUT2D eigenvalue weighted by molar-refractivity contribution is 6.36. The van der Waals surface area contributed by atoms with Gasteiger partial charge in [0, 0.05) is 24.0 Å². The van der Waals surface area contributed by atoms with Crippen LogP contribution in [0.25, 0.3) is 16.7 Å². The van der Waals surface area contributed by atoms with Crippen LogP contribution in [0.15, 0.2) is 47.6 Å². The molecule has 1 saturated heterocycles. The molecule has 2 bridgehead atoms. The third kappa shape index (κ3) is 2.90. The van der Waals surface area contributed by atoms with Crippen LogP contribution >= 0.6 is 11.6 Å². The van der Waals surface area contributed by atoms with Gasteiger partial charge in [-0.15, -0.1) is 10.2 Å². The van der Waals surface area contributed by atoms with E-state index in [2.05, 4.69) is 30.6 Å². The van der Waals surface area contributed by atoms with Crippen LogP contribution in [0, 0.1) is 5.92 Å². The predicted octanol–water partition coefficient (Wildman–Crippen LogP) is 2.44. The normalized spacial score (nSPS) is 22.0. The molecule has 0 radical (unpaired) electrons. The molecule has 2 fully saturated rings. The van der Waals surface area contributed by atoms with Crippen LogP contribution in [0.5, 0.6) is 0 Å². The van der Waals surface area contributed by atoms with Crippen LogP contribution in [0.4, 0.5) is 11.6 Å². The maximum atomic E-state index is 13.0. The molecule has 3 atom stereocenters. The van der Waals surface area contributed by atoms with Crippen molar-refractivity contribution in [1.29, 1.82) is 0 Å². The molecule has 6 rings (SSSR count). The van der Waals surface area contributed by atoms with Crippen LogP contribution < -0.4 is 16.0 Å². The van der Waals surface area contributed by atoms with Gasteiger partial charge in [-0.1, -0.05) is 16.8 Å². The van der Waals surface area contributed by atoms with Gasteiger partial charge in [0.2, 0.25) is 5.58 Å². The number of piperidine rings is 1. The highest BCUT2D eigenvalue weighted by Crippen LogP contribution is 2.43. The standard InChI is InChI=1S/C21H19ClN8O2/c22-14-7-24-20(18-16(14)19(23)28-32-18)30-8-12-3-6-15(30)17(12)27-21(31)11-1-4-13(5-2-11)29-9-25-26-10-29/h1-2,4-5,7,9-10,12,15,17H,3,6,8H2,(H2,23,28)(H,27,31). The zero-order valence-electron chi connectivity index (χ0n) is 16.8. The zero-order chi connectivity index (χ0) is 21.8. The van der Waals surface area contributed by atoms with Gasteiger partial charge in [-0.05, 0) is 43.0 Å². The summed E-state index contributed by atoms with van der Waals surface area (Å²) in [5.41, 5.74) is 7.90. The minimum Gasteiger partial charge on any atom is -0.380 e. The largest absolute Gasteiger partial charge is 0.380 e. The molecule has 3 N–H and O–H groups in total.